The Morgan fingerprint density at radius 1 is 0.978 bits per heavy atom. The molecule has 2 amide bonds. The Morgan fingerprint density at radius 3 is 2.24 bits per heavy atom. The molecule has 45 heavy (non-hydrogen) atoms. The van der Waals surface area contributed by atoms with Gasteiger partial charge in [0.1, 0.15) is 16.5 Å². The van der Waals surface area contributed by atoms with Crippen LogP contribution in [0.1, 0.15) is 49.4 Å². The highest BCUT2D eigenvalue weighted by molar-refractivity contribution is 8.45. The number of nitrogens with one attached hydrogen (secondary N) is 2. The van der Waals surface area contributed by atoms with Gasteiger partial charge in [-0.2, -0.15) is 0 Å². The van der Waals surface area contributed by atoms with Crippen molar-refractivity contribution >= 4 is 33.7 Å². The van der Waals surface area contributed by atoms with Crippen LogP contribution in [-0.2, 0) is 14.3 Å². The topological polar surface area (TPSA) is 123 Å². The molecular formula is C28H31F7N2O7S. The average Bonchev–Trinajstić information content (AvgIpc) is 2.94. The van der Waals surface area contributed by atoms with Crippen LogP contribution in [0.5, 0.6) is 11.5 Å². The van der Waals surface area contributed by atoms with Crippen molar-refractivity contribution in [3.05, 3.63) is 47.5 Å². The molecule has 0 spiro atoms. The zero-order valence-electron chi connectivity index (χ0n) is 24.0. The molecule has 3 N–H and O–H groups in total. The van der Waals surface area contributed by atoms with Gasteiger partial charge in [0.2, 0.25) is 5.91 Å². The Kier molecular flexibility index (Phi) is 8.78. The molecule has 1 saturated heterocycles. The minimum atomic E-state index is -10.4. The van der Waals surface area contributed by atoms with Crippen LogP contribution in [0.2, 0.25) is 0 Å². The van der Waals surface area contributed by atoms with E-state index in [1.54, 1.807) is 6.92 Å². The fraction of sp³-hybridized carbons (Fsp3) is 0.464. The lowest BCUT2D eigenvalue weighted by atomic mass is 9.75. The van der Waals surface area contributed by atoms with Crippen molar-refractivity contribution in [3.63, 3.8) is 0 Å². The SMILES string of the molecule is COc1cc(F)c(OC2CCC(C)(C(=O)O)CC2)cc1C(=O)N[C@@H]1COCC[C@@H]1C(=O)Nc1ccc(F)c(S(F)(F)(F)(F)F)c1. The molecule has 2 aromatic rings. The predicted octanol–water partition coefficient (Wildman–Crippen LogP) is 6.82. The van der Waals surface area contributed by atoms with Gasteiger partial charge in [0.25, 0.3) is 5.91 Å². The van der Waals surface area contributed by atoms with Gasteiger partial charge >= 0.3 is 16.2 Å². The summed E-state index contributed by atoms with van der Waals surface area (Å²) in [6.07, 6.45) is 0.679. The highest BCUT2D eigenvalue weighted by Crippen LogP contribution is 3.02. The van der Waals surface area contributed by atoms with Gasteiger partial charge in [-0.25, -0.2) is 8.78 Å². The molecule has 0 radical (unpaired) electrons. The zero-order chi connectivity index (χ0) is 33.4. The number of hydrogen-bond acceptors (Lipinski definition) is 6. The lowest BCUT2D eigenvalue weighted by molar-refractivity contribution is -0.150. The van der Waals surface area contributed by atoms with Crippen molar-refractivity contribution in [3.8, 4) is 11.5 Å². The number of rotatable bonds is 9. The normalized spacial score (nSPS) is 25.3. The smallest absolute Gasteiger partial charge is 0.313 e. The van der Waals surface area contributed by atoms with Crippen LogP contribution in [0.4, 0.5) is 33.9 Å². The lowest BCUT2D eigenvalue weighted by Gasteiger charge is -2.40. The standard InChI is InChI=1S/C28H31F7N2O7S/c1-28(27(40)41)8-5-16(6-9-28)44-23-12-18(22(42-2)13-20(23)30)26(39)37-21-14-43-10-7-17(21)25(38)36-15-3-4-19(29)24(11-15)45(31,32,33,34)35/h3-4,11-13,16-17,21H,5-10,14H2,1-2H3,(H,36,38)(H,37,39)(H,40,41)/t16?,17-,21+,28?/m0/s1. The number of carbonyl (C=O) groups excluding carboxylic acids is 2. The summed E-state index contributed by atoms with van der Waals surface area (Å²) in [5.74, 6) is -7.41. The van der Waals surface area contributed by atoms with E-state index in [0.29, 0.717) is 31.7 Å². The molecule has 250 valence electrons. The summed E-state index contributed by atoms with van der Waals surface area (Å²) in [7, 11) is -9.23. The molecular weight excluding hydrogens is 641 g/mol. The number of amides is 2. The van der Waals surface area contributed by atoms with Gasteiger partial charge in [0, 0.05) is 18.4 Å². The van der Waals surface area contributed by atoms with E-state index in [9.17, 15) is 47.7 Å². The van der Waals surface area contributed by atoms with Crippen LogP contribution in [0, 0.1) is 23.0 Å². The number of benzene rings is 2. The van der Waals surface area contributed by atoms with Crippen LogP contribution in [0.15, 0.2) is 35.2 Å². The van der Waals surface area contributed by atoms with Crippen molar-refractivity contribution in [1.29, 1.82) is 0 Å². The highest BCUT2D eigenvalue weighted by atomic mass is 32.5. The van der Waals surface area contributed by atoms with Gasteiger partial charge in [-0.15, -0.1) is 0 Å². The first-order valence-corrected chi connectivity index (χ1v) is 15.7. The molecule has 0 bridgehead atoms. The molecule has 0 aromatic heterocycles. The Morgan fingerprint density at radius 2 is 1.64 bits per heavy atom. The number of hydrogen-bond donors (Lipinski definition) is 3. The van der Waals surface area contributed by atoms with Gasteiger partial charge in [-0.3, -0.25) is 14.4 Å². The second-order valence-electron chi connectivity index (χ2n) is 11.3. The fourth-order valence-corrected chi connectivity index (χ4v) is 6.05. The summed E-state index contributed by atoms with van der Waals surface area (Å²) in [6.45, 7) is 1.41. The third-order valence-corrected chi connectivity index (χ3v) is 9.11. The summed E-state index contributed by atoms with van der Waals surface area (Å²) in [6, 6.07) is 1.58. The number of methoxy groups -OCH3 is 1. The van der Waals surface area contributed by atoms with Gasteiger partial charge in [-0.1, -0.05) is 19.4 Å². The number of aliphatic carboxylic acids is 1. The summed E-state index contributed by atoms with van der Waals surface area (Å²) in [4.78, 5) is 35.1. The number of carbonyl (C=O) groups is 3. The quantitative estimate of drug-likeness (QED) is 0.250. The van der Waals surface area contributed by atoms with Crippen LogP contribution in [-0.4, -0.2) is 55.4 Å². The van der Waals surface area contributed by atoms with Crippen LogP contribution < -0.4 is 20.1 Å². The maximum absolute atomic E-state index is 14.9. The van der Waals surface area contributed by atoms with E-state index >= 15 is 0 Å². The molecule has 2 fully saturated rings. The maximum atomic E-state index is 14.9. The first-order chi connectivity index (χ1) is 20.7. The first kappa shape index (κ1) is 34.1. The molecule has 2 aromatic carbocycles. The molecule has 1 heterocycles. The van der Waals surface area contributed by atoms with E-state index in [-0.39, 0.29) is 48.8 Å². The third-order valence-electron chi connectivity index (χ3n) is 7.97. The van der Waals surface area contributed by atoms with E-state index in [4.69, 9.17) is 14.2 Å². The first-order valence-electron chi connectivity index (χ1n) is 13.7. The van der Waals surface area contributed by atoms with Crippen molar-refractivity contribution < 1.29 is 61.9 Å². The Balaban J connectivity index is 1.50. The third kappa shape index (κ3) is 7.92. The molecule has 2 atom stereocenters. The van der Waals surface area contributed by atoms with Crippen LogP contribution in [0.3, 0.4) is 0 Å². The van der Waals surface area contributed by atoms with Crippen molar-refractivity contribution in [1.82, 2.24) is 5.32 Å². The van der Waals surface area contributed by atoms with E-state index in [2.05, 4.69) is 10.6 Å². The van der Waals surface area contributed by atoms with Crippen LogP contribution in [0.25, 0.3) is 0 Å². The molecule has 0 unspecified atom stereocenters. The number of halogens is 7. The number of carboxylic acids is 1. The van der Waals surface area contributed by atoms with E-state index in [1.165, 1.54) is 7.11 Å². The van der Waals surface area contributed by atoms with Gasteiger partial charge < -0.3 is 30.0 Å². The highest BCUT2D eigenvalue weighted by Gasteiger charge is 2.67. The van der Waals surface area contributed by atoms with E-state index < -0.39 is 73.7 Å². The molecule has 1 aliphatic carbocycles. The van der Waals surface area contributed by atoms with E-state index in [0.717, 1.165) is 12.1 Å². The number of anilines is 1. The van der Waals surface area contributed by atoms with Crippen molar-refractivity contribution in [2.75, 3.05) is 25.6 Å². The van der Waals surface area contributed by atoms with E-state index in [1.807, 2.05) is 0 Å². The second-order valence-corrected chi connectivity index (χ2v) is 13.7. The number of carboxylic acid groups (broad SMARTS) is 1. The molecule has 17 heteroatoms. The molecule has 1 saturated carbocycles. The van der Waals surface area contributed by atoms with Gasteiger partial charge in [0.05, 0.1) is 42.8 Å². The predicted molar refractivity (Wildman–Crippen MR) is 148 cm³/mol. The monoisotopic (exact) mass is 672 g/mol. The molecule has 4 rings (SSSR count). The number of ether oxygens (including phenoxy) is 3. The fourth-order valence-electron chi connectivity index (χ4n) is 5.26. The second kappa shape index (κ2) is 11.6. The average molecular weight is 673 g/mol. The maximum Gasteiger partial charge on any atom is 0.313 e. The summed E-state index contributed by atoms with van der Waals surface area (Å²) in [5.41, 5.74) is -1.86. The lowest BCUT2D eigenvalue weighted by Crippen LogP contribution is -2.50. The summed E-state index contributed by atoms with van der Waals surface area (Å²) < 4.78 is 111. The molecule has 9 nitrogen and oxygen atoms in total. The summed E-state index contributed by atoms with van der Waals surface area (Å²) in [5, 5.41) is 14.1. The molecule has 1 aliphatic heterocycles. The van der Waals surface area contributed by atoms with Crippen molar-refractivity contribution in [2.24, 2.45) is 11.3 Å². The Bertz CT molecular complexity index is 1500. The Labute approximate surface area is 253 Å². The van der Waals surface area contributed by atoms with Gasteiger partial charge in [0.15, 0.2) is 11.6 Å². The molecule has 2 aliphatic rings. The van der Waals surface area contributed by atoms with Crippen LogP contribution >= 0.6 is 10.2 Å². The Hall–Kier alpha value is -3.73. The minimum absolute atomic E-state index is 0.0186. The summed E-state index contributed by atoms with van der Waals surface area (Å²) >= 11 is 0. The largest absolute Gasteiger partial charge is 0.496 e. The van der Waals surface area contributed by atoms with Crippen molar-refractivity contribution in [2.45, 2.75) is 56.1 Å². The minimum Gasteiger partial charge on any atom is -0.496 e. The zero-order valence-corrected chi connectivity index (χ0v) is 24.8. The van der Waals surface area contributed by atoms with Gasteiger partial charge in [-0.05, 0) is 63.3 Å².